The third-order valence-corrected chi connectivity index (χ3v) is 2.59. The van der Waals surface area contributed by atoms with Crippen LogP contribution in [-0.2, 0) is 0 Å². The zero-order chi connectivity index (χ0) is 12.5. The SMILES string of the molecule is C#CC[C@@H](O)c1ccccc1OCCCCC. The zero-order valence-corrected chi connectivity index (χ0v) is 10.4. The molecule has 0 unspecified atom stereocenters. The van der Waals surface area contributed by atoms with E-state index in [0.29, 0.717) is 13.0 Å². The molecular weight excluding hydrogens is 212 g/mol. The number of para-hydroxylation sites is 1. The van der Waals surface area contributed by atoms with Gasteiger partial charge in [-0.1, -0.05) is 38.0 Å². The number of benzene rings is 1. The highest BCUT2D eigenvalue weighted by Gasteiger charge is 2.11. The molecule has 0 radical (unpaired) electrons. The molecule has 0 aliphatic rings. The molecule has 2 nitrogen and oxygen atoms in total. The number of ether oxygens (including phenoxy) is 1. The van der Waals surface area contributed by atoms with Crippen LogP contribution in [0.25, 0.3) is 0 Å². The summed E-state index contributed by atoms with van der Waals surface area (Å²) in [6.07, 6.45) is 8.25. The Morgan fingerprint density at radius 2 is 2.12 bits per heavy atom. The minimum atomic E-state index is -0.637. The maximum atomic E-state index is 9.88. The molecular formula is C15H20O2. The van der Waals surface area contributed by atoms with Gasteiger partial charge in [0.15, 0.2) is 0 Å². The van der Waals surface area contributed by atoms with Crippen LogP contribution in [0.1, 0.15) is 44.3 Å². The highest BCUT2D eigenvalue weighted by Crippen LogP contribution is 2.26. The first kappa shape index (κ1) is 13.6. The fourth-order valence-electron chi connectivity index (χ4n) is 1.64. The molecule has 1 atom stereocenters. The van der Waals surface area contributed by atoms with E-state index in [4.69, 9.17) is 11.2 Å². The molecule has 0 aromatic heterocycles. The average molecular weight is 232 g/mol. The van der Waals surface area contributed by atoms with E-state index in [1.807, 2.05) is 24.3 Å². The van der Waals surface area contributed by atoms with Crippen LogP contribution in [0.4, 0.5) is 0 Å². The summed E-state index contributed by atoms with van der Waals surface area (Å²) in [4.78, 5) is 0. The van der Waals surface area contributed by atoms with E-state index in [0.717, 1.165) is 24.2 Å². The van der Waals surface area contributed by atoms with E-state index in [2.05, 4.69) is 12.8 Å². The molecule has 0 fully saturated rings. The van der Waals surface area contributed by atoms with Gasteiger partial charge in [-0.3, -0.25) is 0 Å². The number of terminal acetylenes is 1. The van der Waals surface area contributed by atoms with E-state index in [9.17, 15) is 5.11 Å². The monoisotopic (exact) mass is 232 g/mol. The van der Waals surface area contributed by atoms with Gasteiger partial charge in [-0.15, -0.1) is 12.3 Å². The third kappa shape index (κ3) is 4.50. The van der Waals surface area contributed by atoms with Crippen LogP contribution in [0.5, 0.6) is 5.75 Å². The summed E-state index contributed by atoms with van der Waals surface area (Å²) in [6.45, 7) is 2.85. The van der Waals surface area contributed by atoms with Gasteiger partial charge in [-0.25, -0.2) is 0 Å². The number of unbranched alkanes of at least 4 members (excludes halogenated alkanes) is 2. The molecule has 1 aromatic carbocycles. The van der Waals surface area contributed by atoms with Gasteiger partial charge in [0.2, 0.25) is 0 Å². The molecule has 0 aliphatic carbocycles. The van der Waals surface area contributed by atoms with Gasteiger partial charge >= 0.3 is 0 Å². The molecule has 17 heavy (non-hydrogen) atoms. The summed E-state index contributed by atoms with van der Waals surface area (Å²) < 4.78 is 5.68. The number of hydrogen-bond acceptors (Lipinski definition) is 2. The molecule has 2 heteroatoms. The van der Waals surface area contributed by atoms with Crippen molar-refractivity contribution in [3.63, 3.8) is 0 Å². The fraction of sp³-hybridized carbons (Fsp3) is 0.467. The van der Waals surface area contributed by atoms with E-state index < -0.39 is 6.10 Å². The van der Waals surface area contributed by atoms with E-state index in [1.165, 1.54) is 6.42 Å². The summed E-state index contributed by atoms with van der Waals surface area (Å²) in [7, 11) is 0. The van der Waals surface area contributed by atoms with Crippen molar-refractivity contribution in [3.05, 3.63) is 29.8 Å². The van der Waals surface area contributed by atoms with Crippen LogP contribution >= 0.6 is 0 Å². The summed E-state index contributed by atoms with van der Waals surface area (Å²) >= 11 is 0. The molecule has 0 amide bonds. The van der Waals surface area contributed by atoms with Crippen molar-refractivity contribution < 1.29 is 9.84 Å². The second-order valence-corrected chi connectivity index (χ2v) is 4.02. The lowest BCUT2D eigenvalue weighted by molar-refractivity contribution is 0.176. The van der Waals surface area contributed by atoms with Crippen molar-refractivity contribution in [1.29, 1.82) is 0 Å². The summed E-state index contributed by atoms with van der Waals surface area (Å²) in [5.74, 6) is 3.21. The molecule has 0 bridgehead atoms. The smallest absolute Gasteiger partial charge is 0.125 e. The zero-order valence-electron chi connectivity index (χ0n) is 10.4. The van der Waals surface area contributed by atoms with Crippen molar-refractivity contribution in [2.24, 2.45) is 0 Å². The molecule has 0 saturated carbocycles. The first-order chi connectivity index (χ1) is 8.29. The largest absolute Gasteiger partial charge is 0.493 e. The van der Waals surface area contributed by atoms with Crippen LogP contribution < -0.4 is 4.74 Å². The van der Waals surface area contributed by atoms with Crippen LogP contribution in [0.2, 0.25) is 0 Å². The van der Waals surface area contributed by atoms with Crippen LogP contribution in [0.3, 0.4) is 0 Å². The number of hydrogen-bond donors (Lipinski definition) is 1. The maximum absolute atomic E-state index is 9.88. The predicted molar refractivity (Wildman–Crippen MR) is 69.9 cm³/mol. The second kappa shape index (κ2) is 7.76. The summed E-state index contributed by atoms with van der Waals surface area (Å²) in [6, 6.07) is 7.52. The number of aliphatic hydroxyl groups excluding tert-OH is 1. The van der Waals surface area contributed by atoms with E-state index in [-0.39, 0.29) is 0 Å². The Morgan fingerprint density at radius 3 is 2.82 bits per heavy atom. The lowest BCUT2D eigenvalue weighted by Crippen LogP contribution is -2.03. The van der Waals surface area contributed by atoms with E-state index >= 15 is 0 Å². The molecule has 0 heterocycles. The van der Waals surface area contributed by atoms with Gasteiger partial charge in [0.1, 0.15) is 5.75 Å². The fourth-order valence-corrected chi connectivity index (χ4v) is 1.64. The van der Waals surface area contributed by atoms with Gasteiger partial charge in [0.25, 0.3) is 0 Å². The normalized spacial score (nSPS) is 11.8. The van der Waals surface area contributed by atoms with Gasteiger partial charge in [0, 0.05) is 12.0 Å². The Bertz CT molecular complexity index is 365. The van der Waals surface area contributed by atoms with Crippen molar-refractivity contribution >= 4 is 0 Å². The van der Waals surface area contributed by atoms with Crippen molar-refractivity contribution in [1.82, 2.24) is 0 Å². The lowest BCUT2D eigenvalue weighted by atomic mass is 10.1. The number of rotatable bonds is 7. The quantitative estimate of drug-likeness (QED) is 0.577. The Labute approximate surface area is 104 Å². The maximum Gasteiger partial charge on any atom is 0.125 e. The lowest BCUT2D eigenvalue weighted by Gasteiger charge is -2.14. The van der Waals surface area contributed by atoms with Gasteiger partial charge in [-0.05, 0) is 12.5 Å². The highest BCUT2D eigenvalue weighted by atomic mass is 16.5. The van der Waals surface area contributed by atoms with E-state index in [1.54, 1.807) is 0 Å². The van der Waals surface area contributed by atoms with Crippen molar-refractivity contribution in [2.75, 3.05) is 6.61 Å². The summed E-state index contributed by atoms with van der Waals surface area (Å²) in [5.41, 5.74) is 0.780. The standard InChI is InChI=1S/C15H20O2/c1-3-5-8-12-17-15-11-7-6-10-13(15)14(16)9-4-2/h2,6-7,10-11,14,16H,3,5,8-9,12H2,1H3/t14-/m1/s1. The van der Waals surface area contributed by atoms with Crippen molar-refractivity contribution in [2.45, 2.75) is 38.7 Å². The summed E-state index contributed by atoms with van der Waals surface area (Å²) in [5, 5.41) is 9.88. The Hall–Kier alpha value is -1.46. The molecule has 92 valence electrons. The molecule has 1 N–H and O–H groups in total. The molecule has 0 aliphatic heterocycles. The van der Waals surface area contributed by atoms with Gasteiger partial charge < -0.3 is 9.84 Å². The Kier molecular flexibility index (Phi) is 6.21. The van der Waals surface area contributed by atoms with Crippen LogP contribution in [0.15, 0.2) is 24.3 Å². The first-order valence-corrected chi connectivity index (χ1v) is 6.12. The Balaban J connectivity index is 2.61. The van der Waals surface area contributed by atoms with Crippen molar-refractivity contribution in [3.8, 4) is 18.1 Å². The molecule has 0 spiro atoms. The number of aliphatic hydroxyl groups is 1. The van der Waals surface area contributed by atoms with Crippen LogP contribution in [-0.4, -0.2) is 11.7 Å². The molecule has 1 rings (SSSR count). The highest BCUT2D eigenvalue weighted by molar-refractivity contribution is 5.35. The average Bonchev–Trinajstić information content (AvgIpc) is 2.35. The predicted octanol–water partition coefficient (Wildman–Crippen LogP) is 3.31. The minimum Gasteiger partial charge on any atom is -0.493 e. The third-order valence-electron chi connectivity index (χ3n) is 2.59. The van der Waals surface area contributed by atoms with Gasteiger partial charge in [0.05, 0.1) is 12.7 Å². The Morgan fingerprint density at radius 1 is 1.35 bits per heavy atom. The minimum absolute atomic E-state index is 0.315. The molecule has 1 aromatic rings. The topological polar surface area (TPSA) is 29.5 Å². The van der Waals surface area contributed by atoms with Gasteiger partial charge in [-0.2, -0.15) is 0 Å². The van der Waals surface area contributed by atoms with Crippen LogP contribution in [0, 0.1) is 12.3 Å². The second-order valence-electron chi connectivity index (χ2n) is 4.02. The first-order valence-electron chi connectivity index (χ1n) is 6.12. The molecule has 0 saturated heterocycles.